The summed E-state index contributed by atoms with van der Waals surface area (Å²) in [6.07, 6.45) is 1.96. The van der Waals surface area contributed by atoms with Crippen molar-refractivity contribution in [2.45, 2.75) is 17.7 Å². The van der Waals surface area contributed by atoms with Crippen LogP contribution >= 0.6 is 0 Å². The number of benzene rings is 2. The molecule has 8 heteroatoms. The van der Waals surface area contributed by atoms with Gasteiger partial charge in [0.1, 0.15) is 0 Å². The van der Waals surface area contributed by atoms with Gasteiger partial charge in [0.15, 0.2) is 0 Å². The van der Waals surface area contributed by atoms with E-state index in [-0.39, 0.29) is 23.8 Å². The number of hydrogen-bond acceptors (Lipinski definition) is 5. The van der Waals surface area contributed by atoms with Crippen LogP contribution in [-0.4, -0.2) is 49.9 Å². The molecule has 0 saturated carbocycles. The molecule has 0 aliphatic rings. The monoisotopic (exact) mass is 414 g/mol. The van der Waals surface area contributed by atoms with E-state index in [0.717, 1.165) is 0 Å². The van der Waals surface area contributed by atoms with E-state index in [9.17, 15) is 18.0 Å². The number of nitrogens with zero attached hydrogens (tertiary/aromatic N) is 2. The topological polar surface area (TPSA) is 85.7 Å². The third kappa shape index (κ3) is 4.23. The lowest BCUT2D eigenvalue weighted by Gasteiger charge is -2.17. The van der Waals surface area contributed by atoms with Gasteiger partial charge in [-0.25, -0.2) is 17.5 Å². The van der Waals surface area contributed by atoms with E-state index in [1.807, 2.05) is 0 Å². The highest BCUT2D eigenvalue weighted by Crippen LogP contribution is 2.23. The average molecular weight is 414 g/mol. The fourth-order valence-corrected chi connectivity index (χ4v) is 4.36. The number of rotatable bonds is 7. The van der Waals surface area contributed by atoms with Gasteiger partial charge in [0.05, 0.1) is 23.1 Å². The first-order chi connectivity index (χ1) is 13.9. The molecule has 1 aromatic heterocycles. The van der Waals surface area contributed by atoms with E-state index < -0.39 is 16.0 Å². The first-order valence-corrected chi connectivity index (χ1v) is 10.5. The maximum atomic E-state index is 12.7. The van der Waals surface area contributed by atoms with Crippen LogP contribution < -0.4 is 0 Å². The fraction of sp³-hybridized carbons (Fsp3) is 0.238. The van der Waals surface area contributed by atoms with Gasteiger partial charge in [-0.15, -0.1) is 0 Å². The third-order valence-corrected chi connectivity index (χ3v) is 6.57. The maximum Gasteiger partial charge on any atom is 0.340 e. The van der Waals surface area contributed by atoms with E-state index >= 15 is 0 Å². The molecule has 2 aromatic carbocycles. The van der Waals surface area contributed by atoms with Crippen molar-refractivity contribution in [1.82, 2.24) is 8.87 Å². The van der Waals surface area contributed by atoms with Crippen LogP contribution in [0, 0.1) is 0 Å². The number of sulfonamides is 1. The van der Waals surface area contributed by atoms with Gasteiger partial charge in [0.25, 0.3) is 0 Å². The van der Waals surface area contributed by atoms with Gasteiger partial charge in [-0.05, 0) is 24.6 Å². The van der Waals surface area contributed by atoms with E-state index in [4.69, 9.17) is 4.74 Å². The van der Waals surface area contributed by atoms with Crippen LogP contribution in [0.5, 0.6) is 0 Å². The normalized spacial score (nSPS) is 11.7. The summed E-state index contributed by atoms with van der Waals surface area (Å²) in [5, 5.41) is 0.636. The van der Waals surface area contributed by atoms with E-state index in [0.29, 0.717) is 22.9 Å². The SMILES string of the molecule is COC(=O)c1cn(C(=O)CCCN(C)S(=O)(=O)c2ccccc2)c2ccccc12. The van der Waals surface area contributed by atoms with Crippen molar-refractivity contribution in [3.63, 3.8) is 0 Å². The van der Waals surface area contributed by atoms with Gasteiger partial charge in [-0.2, -0.15) is 0 Å². The predicted octanol–water partition coefficient (Wildman–Crippen LogP) is 3.17. The van der Waals surface area contributed by atoms with Crippen molar-refractivity contribution in [3.8, 4) is 0 Å². The molecule has 0 unspecified atom stereocenters. The Hall–Kier alpha value is -2.97. The Kier molecular flexibility index (Phi) is 6.14. The van der Waals surface area contributed by atoms with E-state index in [1.54, 1.807) is 42.5 Å². The summed E-state index contributed by atoms with van der Waals surface area (Å²) in [5.41, 5.74) is 0.934. The number of esters is 1. The third-order valence-electron chi connectivity index (χ3n) is 4.70. The molecule has 0 bridgehead atoms. The minimum atomic E-state index is -3.59. The van der Waals surface area contributed by atoms with E-state index in [1.165, 1.54) is 41.4 Å². The number of aromatic nitrogens is 1. The summed E-state index contributed by atoms with van der Waals surface area (Å²) in [6.45, 7) is 0.200. The number of carbonyl (C=O) groups excluding carboxylic acids is 2. The highest BCUT2D eigenvalue weighted by atomic mass is 32.2. The zero-order valence-electron chi connectivity index (χ0n) is 16.2. The first-order valence-electron chi connectivity index (χ1n) is 9.09. The molecule has 3 rings (SSSR count). The number of hydrogen-bond donors (Lipinski definition) is 0. The molecule has 0 atom stereocenters. The molecule has 7 nitrogen and oxygen atoms in total. The molecule has 29 heavy (non-hydrogen) atoms. The largest absolute Gasteiger partial charge is 0.465 e. The lowest BCUT2D eigenvalue weighted by atomic mass is 10.2. The van der Waals surface area contributed by atoms with Gasteiger partial charge in [-0.3, -0.25) is 9.36 Å². The molecule has 0 spiro atoms. The Morgan fingerprint density at radius 2 is 1.69 bits per heavy atom. The zero-order chi connectivity index (χ0) is 21.0. The summed E-state index contributed by atoms with van der Waals surface area (Å²) in [6, 6.07) is 15.2. The Morgan fingerprint density at radius 1 is 1.03 bits per heavy atom. The van der Waals surface area contributed by atoms with Gasteiger partial charge >= 0.3 is 5.97 Å². The Bertz CT molecular complexity index is 1140. The van der Waals surface area contributed by atoms with Crippen molar-refractivity contribution in [3.05, 3.63) is 66.4 Å². The molecule has 0 saturated heterocycles. The van der Waals surface area contributed by atoms with E-state index in [2.05, 4.69) is 0 Å². The second-order valence-corrected chi connectivity index (χ2v) is 8.60. The minimum absolute atomic E-state index is 0.133. The van der Waals surface area contributed by atoms with Crippen molar-refractivity contribution < 1.29 is 22.7 Å². The van der Waals surface area contributed by atoms with Crippen LogP contribution in [-0.2, 0) is 14.8 Å². The van der Waals surface area contributed by atoms with Gasteiger partial charge in [-0.1, -0.05) is 36.4 Å². The second-order valence-electron chi connectivity index (χ2n) is 6.56. The predicted molar refractivity (Wildman–Crippen MR) is 109 cm³/mol. The maximum absolute atomic E-state index is 12.7. The summed E-state index contributed by atoms with van der Waals surface area (Å²) in [7, 11) is -0.808. The molecule has 3 aromatic rings. The highest BCUT2D eigenvalue weighted by Gasteiger charge is 2.21. The van der Waals surface area contributed by atoms with Gasteiger partial charge < -0.3 is 4.74 Å². The van der Waals surface area contributed by atoms with Crippen LogP contribution in [0.15, 0.2) is 65.7 Å². The Labute approximate surface area is 169 Å². The number of ether oxygens (including phenoxy) is 1. The molecule has 1 heterocycles. The minimum Gasteiger partial charge on any atom is -0.465 e. The molecular formula is C21H22N2O5S. The number of methoxy groups -OCH3 is 1. The first kappa shape index (κ1) is 20.8. The molecule has 0 amide bonds. The van der Waals surface area contributed by atoms with Crippen LogP contribution in [0.2, 0.25) is 0 Å². The summed E-state index contributed by atoms with van der Waals surface area (Å²) >= 11 is 0. The molecular weight excluding hydrogens is 392 g/mol. The van der Waals surface area contributed by atoms with Crippen molar-refractivity contribution >= 4 is 32.8 Å². The molecule has 0 aliphatic carbocycles. The fourth-order valence-electron chi connectivity index (χ4n) is 3.12. The summed E-state index contributed by atoms with van der Waals surface area (Å²) < 4.78 is 32.6. The van der Waals surface area contributed by atoms with Crippen LogP contribution in [0.3, 0.4) is 0 Å². The number of fused-ring (bicyclic) bond motifs is 1. The molecule has 0 N–H and O–H groups in total. The smallest absolute Gasteiger partial charge is 0.340 e. The van der Waals surface area contributed by atoms with Crippen molar-refractivity contribution in [2.24, 2.45) is 0 Å². The van der Waals surface area contributed by atoms with Crippen LogP contribution in [0.4, 0.5) is 0 Å². The van der Waals surface area contributed by atoms with Crippen molar-refractivity contribution in [1.29, 1.82) is 0 Å². The van der Waals surface area contributed by atoms with Crippen LogP contribution in [0.1, 0.15) is 28.0 Å². The highest BCUT2D eigenvalue weighted by molar-refractivity contribution is 7.89. The van der Waals surface area contributed by atoms with Crippen LogP contribution in [0.25, 0.3) is 10.9 Å². The molecule has 0 fully saturated rings. The Balaban J connectivity index is 1.71. The number of para-hydroxylation sites is 1. The lowest BCUT2D eigenvalue weighted by molar-refractivity contribution is 0.0603. The molecule has 0 radical (unpaired) electrons. The van der Waals surface area contributed by atoms with Gasteiger partial charge in [0, 0.05) is 31.6 Å². The quantitative estimate of drug-likeness (QED) is 0.555. The summed E-state index contributed by atoms with van der Waals surface area (Å²) in [5.74, 6) is -0.733. The second kappa shape index (κ2) is 8.59. The average Bonchev–Trinajstić information content (AvgIpc) is 3.13. The van der Waals surface area contributed by atoms with Gasteiger partial charge in [0.2, 0.25) is 15.9 Å². The lowest BCUT2D eigenvalue weighted by Crippen LogP contribution is -2.28. The molecule has 0 aliphatic heterocycles. The standard InChI is InChI=1S/C21H22N2O5S/c1-22(29(26,27)16-9-4-3-5-10-16)14-8-13-20(24)23-15-18(21(25)28-2)17-11-6-7-12-19(17)23/h3-7,9-12,15H,8,13-14H2,1-2H3. The molecule has 152 valence electrons. The zero-order valence-corrected chi connectivity index (χ0v) is 17.1. The number of carbonyl (C=O) groups is 2. The Morgan fingerprint density at radius 3 is 2.38 bits per heavy atom. The summed E-state index contributed by atoms with van der Waals surface area (Å²) in [4.78, 5) is 24.9. The van der Waals surface area contributed by atoms with Crippen molar-refractivity contribution in [2.75, 3.05) is 20.7 Å².